The summed E-state index contributed by atoms with van der Waals surface area (Å²) in [5, 5.41) is 0.810. The van der Waals surface area contributed by atoms with Crippen molar-refractivity contribution in [2.75, 3.05) is 5.33 Å². The maximum Gasteiger partial charge on any atom is 0.177 e. The van der Waals surface area contributed by atoms with Crippen LogP contribution < -0.4 is 4.74 Å². The van der Waals surface area contributed by atoms with Crippen LogP contribution in [0.2, 0.25) is 5.02 Å². The van der Waals surface area contributed by atoms with Gasteiger partial charge >= 0.3 is 0 Å². The van der Waals surface area contributed by atoms with Crippen LogP contribution in [0.3, 0.4) is 0 Å². The van der Waals surface area contributed by atoms with Crippen molar-refractivity contribution in [2.24, 2.45) is 0 Å². The summed E-state index contributed by atoms with van der Waals surface area (Å²) in [6.45, 7) is 0.406. The summed E-state index contributed by atoms with van der Waals surface area (Å²) in [5.74, 6) is 0.487. The zero-order chi connectivity index (χ0) is 13.7. The number of carbonyl (C=O) groups excluding carboxylic acids is 1. The Kier molecular flexibility index (Phi) is 5.00. The summed E-state index contributed by atoms with van der Waals surface area (Å²) in [7, 11) is 0. The molecule has 0 aliphatic carbocycles. The lowest BCUT2D eigenvalue weighted by Crippen LogP contribution is -2.05. The van der Waals surface area contributed by atoms with Crippen LogP contribution in [0.15, 0.2) is 48.5 Å². The fourth-order valence-corrected chi connectivity index (χ4v) is 2.12. The molecule has 0 unspecified atom stereocenters. The molecule has 0 saturated carbocycles. The van der Waals surface area contributed by atoms with E-state index >= 15 is 0 Å². The van der Waals surface area contributed by atoms with Gasteiger partial charge in [-0.3, -0.25) is 4.79 Å². The Morgan fingerprint density at radius 2 is 1.89 bits per heavy atom. The van der Waals surface area contributed by atoms with E-state index in [-0.39, 0.29) is 11.1 Å². The molecule has 0 aliphatic heterocycles. The van der Waals surface area contributed by atoms with E-state index in [0.717, 1.165) is 5.56 Å². The minimum absolute atomic E-state index is 0.0280. The first-order valence-corrected chi connectivity index (χ1v) is 7.26. The van der Waals surface area contributed by atoms with Crippen LogP contribution in [0.25, 0.3) is 0 Å². The monoisotopic (exact) mass is 338 g/mol. The predicted octanol–water partition coefficient (Wildman–Crippen LogP) is 4.50. The molecule has 2 aromatic carbocycles. The fourth-order valence-electron chi connectivity index (χ4n) is 1.65. The van der Waals surface area contributed by atoms with Crippen molar-refractivity contribution in [3.05, 3.63) is 64.7 Å². The Labute approximate surface area is 125 Å². The molecular weight excluding hydrogens is 328 g/mol. The second kappa shape index (κ2) is 6.73. The number of hydrogen-bond donors (Lipinski definition) is 0. The third-order valence-corrected chi connectivity index (χ3v) is 3.35. The van der Waals surface area contributed by atoms with Gasteiger partial charge in [-0.2, -0.15) is 0 Å². The number of ketones is 1. The largest absolute Gasteiger partial charge is 0.488 e. The molecule has 0 aromatic heterocycles. The lowest BCUT2D eigenvalue weighted by atomic mass is 10.1. The summed E-state index contributed by atoms with van der Waals surface area (Å²) in [6.07, 6.45) is 0. The van der Waals surface area contributed by atoms with Crippen LogP contribution in [0.4, 0.5) is 0 Å². The predicted molar refractivity (Wildman–Crippen MR) is 80.4 cm³/mol. The van der Waals surface area contributed by atoms with Gasteiger partial charge in [-0.05, 0) is 23.8 Å². The van der Waals surface area contributed by atoms with Gasteiger partial charge in [0.1, 0.15) is 12.4 Å². The molecule has 2 aromatic rings. The van der Waals surface area contributed by atoms with Crippen molar-refractivity contribution in [1.29, 1.82) is 0 Å². The summed E-state index contributed by atoms with van der Waals surface area (Å²) in [6, 6.07) is 14.8. The molecule has 0 N–H and O–H groups in total. The maximum atomic E-state index is 11.8. The Hall–Kier alpha value is -1.32. The zero-order valence-corrected chi connectivity index (χ0v) is 12.4. The molecular formula is C15H12BrClO2. The topological polar surface area (TPSA) is 26.3 Å². The van der Waals surface area contributed by atoms with Gasteiger partial charge in [-0.25, -0.2) is 0 Å². The van der Waals surface area contributed by atoms with Gasteiger partial charge in [0.25, 0.3) is 0 Å². The first-order chi connectivity index (χ1) is 9.20. The van der Waals surface area contributed by atoms with E-state index in [1.807, 2.05) is 30.3 Å². The second-order valence-electron chi connectivity index (χ2n) is 3.97. The van der Waals surface area contributed by atoms with E-state index in [0.29, 0.717) is 22.9 Å². The summed E-state index contributed by atoms with van der Waals surface area (Å²) < 4.78 is 5.70. The van der Waals surface area contributed by atoms with E-state index in [1.54, 1.807) is 18.2 Å². The van der Waals surface area contributed by atoms with Crippen LogP contribution in [-0.2, 0) is 6.61 Å². The van der Waals surface area contributed by atoms with E-state index in [4.69, 9.17) is 16.3 Å². The number of ether oxygens (including phenoxy) is 1. The van der Waals surface area contributed by atoms with Gasteiger partial charge in [-0.15, -0.1) is 0 Å². The maximum absolute atomic E-state index is 11.8. The molecule has 0 radical (unpaired) electrons. The van der Waals surface area contributed by atoms with Crippen molar-refractivity contribution in [3.63, 3.8) is 0 Å². The molecule has 0 bridgehead atoms. The van der Waals surface area contributed by atoms with Gasteiger partial charge < -0.3 is 4.74 Å². The summed E-state index contributed by atoms with van der Waals surface area (Å²) >= 11 is 9.11. The van der Waals surface area contributed by atoms with Crippen molar-refractivity contribution in [1.82, 2.24) is 0 Å². The molecule has 2 rings (SSSR count). The highest BCUT2D eigenvalue weighted by atomic mass is 79.9. The number of benzene rings is 2. The van der Waals surface area contributed by atoms with Gasteiger partial charge in [0, 0.05) is 5.02 Å². The van der Waals surface area contributed by atoms with Crippen LogP contribution in [-0.4, -0.2) is 11.1 Å². The van der Waals surface area contributed by atoms with Crippen LogP contribution in [0.1, 0.15) is 15.9 Å². The van der Waals surface area contributed by atoms with Gasteiger partial charge in [0.05, 0.1) is 10.9 Å². The molecule has 0 fully saturated rings. The van der Waals surface area contributed by atoms with Crippen LogP contribution >= 0.6 is 27.5 Å². The van der Waals surface area contributed by atoms with Gasteiger partial charge in [0.15, 0.2) is 5.78 Å². The smallest absolute Gasteiger partial charge is 0.177 e. The standard InChI is InChI=1S/C15H12BrClO2/c16-9-14(18)13-7-6-12(17)8-15(13)19-10-11-4-2-1-3-5-11/h1-8H,9-10H2. The molecule has 0 atom stereocenters. The van der Waals surface area contributed by atoms with E-state index in [1.165, 1.54) is 0 Å². The second-order valence-corrected chi connectivity index (χ2v) is 4.97. The van der Waals surface area contributed by atoms with Crippen molar-refractivity contribution >= 4 is 33.3 Å². The third kappa shape index (κ3) is 3.82. The van der Waals surface area contributed by atoms with E-state index < -0.39 is 0 Å². The molecule has 4 heteroatoms. The van der Waals surface area contributed by atoms with Gasteiger partial charge in [0.2, 0.25) is 0 Å². The van der Waals surface area contributed by atoms with Crippen LogP contribution in [0.5, 0.6) is 5.75 Å². The molecule has 0 heterocycles. The number of halogens is 2. The normalized spacial score (nSPS) is 10.2. The Bertz CT molecular complexity index is 570. The number of carbonyl (C=O) groups is 1. The Morgan fingerprint density at radius 3 is 2.58 bits per heavy atom. The Balaban J connectivity index is 2.19. The Morgan fingerprint density at radius 1 is 1.16 bits per heavy atom. The molecule has 98 valence electrons. The molecule has 19 heavy (non-hydrogen) atoms. The summed E-state index contributed by atoms with van der Waals surface area (Å²) in [5.41, 5.74) is 1.58. The first kappa shape index (κ1) is 14.1. The van der Waals surface area contributed by atoms with E-state index in [9.17, 15) is 4.79 Å². The minimum atomic E-state index is -0.0280. The molecule has 2 nitrogen and oxygen atoms in total. The molecule has 0 aliphatic rings. The average molecular weight is 340 g/mol. The average Bonchev–Trinajstić information content (AvgIpc) is 2.45. The van der Waals surface area contributed by atoms with Gasteiger partial charge in [-0.1, -0.05) is 57.9 Å². The fraction of sp³-hybridized carbons (Fsp3) is 0.133. The SMILES string of the molecule is O=C(CBr)c1ccc(Cl)cc1OCc1ccccc1. The zero-order valence-electron chi connectivity index (χ0n) is 10.1. The highest BCUT2D eigenvalue weighted by Gasteiger charge is 2.12. The highest BCUT2D eigenvalue weighted by Crippen LogP contribution is 2.25. The molecule has 0 amide bonds. The minimum Gasteiger partial charge on any atom is -0.488 e. The number of hydrogen-bond acceptors (Lipinski definition) is 2. The highest BCUT2D eigenvalue weighted by molar-refractivity contribution is 9.09. The number of Topliss-reactive ketones (excluding diaryl/α,β-unsaturated/α-hetero) is 1. The molecule has 0 spiro atoms. The molecule has 0 saturated heterocycles. The van der Waals surface area contributed by atoms with Crippen LogP contribution in [0, 0.1) is 0 Å². The van der Waals surface area contributed by atoms with Crippen molar-refractivity contribution < 1.29 is 9.53 Å². The first-order valence-electron chi connectivity index (χ1n) is 5.76. The number of alkyl halides is 1. The number of rotatable bonds is 5. The lowest BCUT2D eigenvalue weighted by Gasteiger charge is -2.10. The summed E-state index contributed by atoms with van der Waals surface area (Å²) in [4.78, 5) is 11.8. The van der Waals surface area contributed by atoms with Crippen molar-refractivity contribution in [3.8, 4) is 5.75 Å². The lowest BCUT2D eigenvalue weighted by molar-refractivity contribution is 0.101. The third-order valence-electron chi connectivity index (χ3n) is 2.60. The van der Waals surface area contributed by atoms with Crippen molar-refractivity contribution in [2.45, 2.75) is 6.61 Å². The quantitative estimate of drug-likeness (QED) is 0.592. The van der Waals surface area contributed by atoms with E-state index in [2.05, 4.69) is 15.9 Å².